The first-order chi connectivity index (χ1) is 7.06. The van der Waals surface area contributed by atoms with E-state index in [1.165, 1.54) is 20.1 Å². The van der Waals surface area contributed by atoms with Gasteiger partial charge in [-0.3, -0.25) is 0 Å². The molecule has 2 unspecified atom stereocenters. The molecule has 1 aromatic carbocycles. The predicted octanol–water partition coefficient (Wildman–Crippen LogP) is 1.92. The fourth-order valence-corrected chi connectivity index (χ4v) is 1.22. The monoisotopic (exact) mass is 212 g/mol. The third kappa shape index (κ3) is 2.76. The Kier molecular flexibility index (Phi) is 3.80. The van der Waals surface area contributed by atoms with Gasteiger partial charge in [-0.15, -0.1) is 0 Å². The summed E-state index contributed by atoms with van der Waals surface area (Å²) in [6.45, 7) is 1.39. The second-order valence-corrected chi connectivity index (χ2v) is 3.21. The largest absolute Gasteiger partial charge is 0.467 e. The van der Waals surface area contributed by atoms with E-state index in [1.807, 2.05) is 0 Å². The highest BCUT2D eigenvalue weighted by Crippen LogP contribution is 2.21. The normalized spacial score (nSPS) is 14.4. The summed E-state index contributed by atoms with van der Waals surface area (Å²) in [4.78, 5) is 11.0. The van der Waals surface area contributed by atoms with Gasteiger partial charge in [0.1, 0.15) is 6.17 Å². The molecule has 4 heteroatoms. The van der Waals surface area contributed by atoms with Crippen LogP contribution in [0.2, 0.25) is 0 Å². The van der Waals surface area contributed by atoms with Crippen molar-refractivity contribution in [3.8, 4) is 0 Å². The van der Waals surface area contributed by atoms with Crippen LogP contribution in [0.4, 0.5) is 4.39 Å². The first-order valence-corrected chi connectivity index (χ1v) is 4.56. The molecule has 0 heterocycles. The fraction of sp³-hybridized carbons (Fsp3) is 0.364. The van der Waals surface area contributed by atoms with Crippen LogP contribution in [0.3, 0.4) is 0 Å². The van der Waals surface area contributed by atoms with E-state index in [9.17, 15) is 14.3 Å². The van der Waals surface area contributed by atoms with E-state index in [4.69, 9.17) is 0 Å². The van der Waals surface area contributed by atoms with Gasteiger partial charge in [0.2, 0.25) is 0 Å². The van der Waals surface area contributed by atoms with E-state index in [2.05, 4.69) is 4.74 Å². The number of rotatable bonds is 3. The average molecular weight is 212 g/mol. The molecule has 0 aromatic heterocycles. The van der Waals surface area contributed by atoms with E-state index < -0.39 is 18.2 Å². The number of benzene rings is 1. The number of carbonyl (C=O) groups is 1. The molecule has 82 valence electrons. The quantitative estimate of drug-likeness (QED) is 0.778. The summed E-state index contributed by atoms with van der Waals surface area (Å²) in [6.07, 6.45) is -2.48. The second kappa shape index (κ2) is 4.89. The molecule has 0 fully saturated rings. The van der Waals surface area contributed by atoms with Gasteiger partial charge >= 0.3 is 5.97 Å². The molecular weight excluding hydrogens is 199 g/mol. The molecule has 0 saturated carbocycles. The molecule has 0 bridgehead atoms. The smallest absolute Gasteiger partial charge is 0.339 e. The summed E-state index contributed by atoms with van der Waals surface area (Å²) in [5, 5.41) is 9.50. The Morgan fingerprint density at radius 1 is 1.47 bits per heavy atom. The van der Waals surface area contributed by atoms with Crippen molar-refractivity contribution in [1.82, 2.24) is 0 Å². The Morgan fingerprint density at radius 2 is 2.07 bits per heavy atom. The van der Waals surface area contributed by atoms with Gasteiger partial charge in [0.05, 0.1) is 7.11 Å². The summed E-state index contributed by atoms with van der Waals surface area (Å²) < 4.78 is 17.3. The third-order valence-corrected chi connectivity index (χ3v) is 2.11. The first-order valence-electron chi connectivity index (χ1n) is 4.56. The van der Waals surface area contributed by atoms with Gasteiger partial charge in [0.25, 0.3) is 0 Å². The number of carbonyl (C=O) groups excluding carboxylic acids is 1. The van der Waals surface area contributed by atoms with Gasteiger partial charge in [-0.25, -0.2) is 9.18 Å². The van der Waals surface area contributed by atoms with Crippen LogP contribution in [-0.4, -0.2) is 18.2 Å². The predicted molar refractivity (Wildman–Crippen MR) is 52.9 cm³/mol. The lowest BCUT2D eigenvalue weighted by Crippen LogP contribution is -2.13. The molecule has 15 heavy (non-hydrogen) atoms. The maximum absolute atomic E-state index is 13.0. The SMILES string of the molecule is COC(=O)C(O)c1cccc(C(C)F)c1. The van der Waals surface area contributed by atoms with Crippen LogP contribution in [-0.2, 0) is 9.53 Å². The molecule has 1 N–H and O–H groups in total. The highest BCUT2D eigenvalue weighted by Gasteiger charge is 2.18. The van der Waals surface area contributed by atoms with E-state index in [1.54, 1.807) is 18.2 Å². The Bertz CT molecular complexity index is 349. The summed E-state index contributed by atoms with van der Waals surface area (Å²) in [6, 6.07) is 6.19. The molecule has 0 amide bonds. The highest BCUT2D eigenvalue weighted by molar-refractivity contribution is 5.76. The minimum atomic E-state index is -1.35. The lowest BCUT2D eigenvalue weighted by molar-refractivity contribution is -0.150. The third-order valence-electron chi connectivity index (χ3n) is 2.11. The standard InChI is InChI=1S/C11H13FO3/c1-7(12)8-4-3-5-9(6-8)10(13)11(14)15-2/h3-7,10,13H,1-2H3. The van der Waals surface area contributed by atoms with Crippen LogP contribution < -0.4 is 0 Å². The van der Waals surface area contributed by atoms with Gasteiger partial charge < -0.3 is 9.84 Å². The Balaban J connectivity index is 2.95. The molecular formula is C11H13FO3. The van der Waals surface area contributed by atoms with Crippen molar-refractivity contribution in [3.05, 3.63) is 35.4 Å². The van der Waals surface area contributed by atoms with E-state index in [0.717, 1.165) is 0 Å². The van der Waals surface area contributed by atoms with Crippen molar-refractivity contribution in [3.63, 3.8) is 0 Å². The molecule has 1 rings (SSSR count). The van der Waals surface area contributed by atoms with Crippen LogP contribution in [0.1, 0.15) is 30.3 Å². The number of ether oxygens (including phenoxy) is 1. The molecule has 0 aliphatic rings. The number of hydrogen-bond acceptors (Lipinski definition) is 3. The van der Waals surface area contributed by atoms with Crippen LogP contribution >= 0.6 is 0 Å². The topological polar surface area (TPSA) is 46.5 Å². The molecule has 0 aliphatic carbocycles. The summed E-state index contributed by atoms with van der Waals surface area (Å²) in [5.41, 5.74) is 0.763. The number of alkyl halides is 1. The van der Waals surface area contributed by atoms with E-state index in [0.29, 0.717) is 11.1 Å². The molecule has 2 atom stereocenters. The lowest BCUT2D eigenvalue weighted by Gasteiger charge is -2.10. The minimum absolute atomic E-state index is 0.337. The number of methoxy groups -OCH3 is 1. The Morgan fingerprint density at radius 3 is 2.60 bits per heavy atom. The fourth-order valence-electron chi connectivity index (χ4n) is 1.22. The minimum Gasteiger partial charge on any atom is -0.467 e. The van der Waals surface area contributed by atoms with Crippen LogP contribution in [0, 0.1) is 0 Å². The van der Waals surface area contributed by atoms with Gasteiger partial charge in [0, 0.05) is 0 Å². The van der Waals surface area contributed by atoms with Gasteiger partial charge in [-0.2, -0.15) is 0 Å². The van der Waals surface area contributed by atoms with Crippen LogP contribution in [0.15, 0.2) is 24.3 Å². The average Bonchev–Trinajstić information content (AvgIpc) is 2.27. The van der Waals surface area contributed by atoms with Crippen molar-refractivity contribution < 1.29 is 19.0 Å². The number of aliphatic hydroxyl groups excluding tert-OH is 1. The van der Waals surface area contributed by atoms with Crippen molar-refractivity contribution in [2.75, 3.05) is 7.11 Å². The van der Waals surface area contributed by atoms with E-state index in [-0.39, 0.29) is 0 Å². The number of halogens is 1. The zero-order valence-corrected chi connectivity index (χ0v) is 8.61. The molecule has 0 radical (unpaired) electrons. The molecule has 0 saturated heterocycles. The molecule has 0 spiro atoms. The van der Waals surface area contributed by atoms with E-state index >= 15 is 0 Å². The Labute approximate surface area is 87.5 Å². The molecule has 0 aliphatic heterocycles. The number of esters is 1. The van der Waals surface area contributed by atoms with Crippen LogP contribution in [0.5, 0.6) is 0 Å². The lowest BCUT2D eigenvalue weighted by atomic mass is 10.0. The summed E-state index contributed by atoms with van der Waals surface area (Å²) >= 11 is 0. The van der Waals surface area contributed by atoms with Gasteiger partial charge in [-0.1, -0.05) is 18.2 Å². The highest BCUT2D eigenvalue weighted by atomic mass is 19.1. The summed E-state index contributed by atoms with van der Waals surface area (Å²) in [5.74, 6) is -0.751. The van der Waals surface area contributed by atoms with Crippen LogP contribution in [0.25, 0.3) is 0 Å². The maximum Gasteiger partial charge on any atom is 0.339 e. The van der Waals surface area contributed by atoms with Gasteiger partial charge in [-0.05, 0) is 24.1 Å². The van der Waals surface area contributed by atoms with Gasteiger partial charge in [0.15, 0.2) is 6.10 Å². The zero-order valence-electron chi connectivity index (χ0n) is 8.61. The summed E-state index contributed by atoms with van der Waals surface area (Å²) in [7, 11) is 1.19. The van der Waals surface area contributed by atoms with Crippen molar-refractivity contribution in [2.24, 2.45) is 0 Å². The molecule has 3 nitrogen and oxygen atoms in total. The number of hydrogen-bond donors (Lipinski definition) is 1. The first kappa shape index (κ1) is 11.7. The van der Waals surface area contributed by atoms with Crippen molar-refractivity contribution in [2.45, 2.75) is 19.2 Å². The number of aliphatic hydroxyl groups is 1. The zero-order chi connectivity index (χ0) is 11.4. The Hall–Kier alpha value is -1.42. The molecule has 1 aromatic rings. The second-order valence-electron chi connectivity index (χ2n) is 3.21. The maximum atomic E-state index is 13.0. The van der Waals surface area contributed by atoms with Crippen molar-refractivity contribution in [1.29, 1.82) is 0 Å². The van der Waals surface area contributed by atoms with Crippen molar-refractivity contribution >= 4 is 5.97 Å².